The first-order chi connectivity index (χ1) is 14.5. The second kappa shape index (κ2) is 10.3. The van der Waals surface area contributed by atoms with E-state index in [-0.39, 0.29) is 17.8 Å². The molecule has 31 heavy (non-hydrogen) atoms. The van der Waals surface area contributed by atoms with E-state index in [0.29, 0.717) is 6.54 Å². The standard InChI is InChI=1S/C21H25F2N3O4S/c1-4-24-21(28)15(2)25(13-16-7-5-6-8-19(16)23)20(27)14-26(31(3,29)30)18-11-9-17(22)10-12-18/h5-12,15H,4,13-14H2,1-3H3,(H,24,28). The topological polar surface area (TPSA) is 86.8 Å². The van der Waals surface area contributed by atoms with E-state index in [2.05, 4.69) is 5.32 Å². The summed E-state index contributed by atoms with van der Waals surface area (Å²) in [5.74, 6) is -2.28. The van der Waals surface area contributed by atoms with E-state index in [9.17, 15) is 26.8 Å². The van der Waals surface area contributed by atoms with Gasteiger partial charge < -0.3 is 10.2 Å². The van der Waals surface area contributed by atoms with Gasteiger partial charge in [0.2, 0.25) is 21.8 Å². The van der Waals surface area contributed by atoms with Gasteiger partial charge in [-0.05, 0) is 44.2 Å². The lowest BCUT2D eigenvalue weighted by Gasteiger charge is -2.31. The van der Waals surface area contributed by atoms with Crippen molar-refractivity contribution in [2.24, 2.45) is 0 Å². The minimum atomic E-state index is -3.91. The Kier molecular flexibility index (Phi) is 8.09. The van der Waals surface area contributed by atoms with E-state index in [4.69, 9.17) is 0 Å². The molecule has 2 aromatic rings. The number of amides is 2. The zero-order chi connectivity index (χ0) is 23.2. The molecule has 1 atom stereocenters. The van der Waals surface area contributed by atoms with Crippen molar-refractivity contribution in [3.8, 4) is 0 Å². The second-order valence-electron chi connectivity index (χ2n) is 6.93. The molecule has 2 amide bonds. The van der Waals surface area contributed by atoms with Crippen LogP contribution in [0.3, 0.4) is 0 Å². The number of anilines is 1. The van der Waals surface area contributed by atoms with Crippen molar-refractivity contribution in [3.05, 3.63) is 65.7 Å². The van der Waals surface area contributed by atoms with Gasteiger partial charge >= 0.3 is 0 Å². The molecular formula is C21H25F2N3O4S. The third-order valence-electron chi connectivity index (χ3n) is 4.61. The highest BCUT2D eigenvalue weighted by Crippen LogP contribution is 2.20. The van der Waals surface area contributed by atoms with Gasteiger partial charge in [0.1, 0.15) is 24.2 Å². The highest BCUT2D eigenvalue weighted by molar-refractivity contribution is 7.92. The SMILES string of the molecule is CCNC(=O)C(C)N(Cc1ccccc1F)C(=O)CN(c1ccc(F)cc1)S(C)(=O)=O. The fourth-order valence-corrected chi connectivity index (χ4v) is 3.79. The maximum absolute atomic E-state index is 14.2. The van der Waals surface area contributed by atoms with Gasteiger partial charge in [0.25, 0.3) is 0 Å². The van der Waals surface area contributed by atoms with E-state index < -0.39 is 46.1 Å². The van der Waals surface area contributed by atoms with Crippen molar-refractivity contribution < 1.29 is 26.8 Å². The molecule has 0 bridgehead atoms. The predicted molar refractivity (Wildman–Crippen MR) is 114 cm³/mol. The van der Waals surface area contributed by atoms with Crippen molar-refractivity contribution >= 4 is 27.5 Å². The molecule has 2 rings (SSSR count). The van der Waals surface area contributed by atoms with E-state index in [1.807, 2.05) is 0 Å². The Morgan fingerprint density at radius 3 is 2.23 bits per heavy atom. The Morgan fingerprint density at radius 1 is 1.06 bits per heavy atom. The molecule has 0 radical (unpaired) electrons. The first-order valence-electron chi connectivity index (χ1n) is 9.58. The maximum Gasteiger partial charge on any atom is 0.244 e. The van der Waals surface area contributed by atoms with Crippen LogP contribution in [0.15, 0.2) is 48.5 Å². The number of rotatable bonds is 9. The summed E-state index contributed by atoms with van der Waals surface area (Å²) >= 11 is 0. The predicted octanol–water partition coefficient (Wildman–Crippen LogP) is 2.28. The lowest BCUT2D eigenvalue weighted by molar-refractivity contribution is -0.139. The fraction of sp³-hybridized carbons (Fsp3) is 0.333. The number of nitrogens with zero attached hydrogens (tertiary/aromatic N) is 2. The summed E-state index contributed by atoms with van der Waals surface area (Å²) in [4.78, 5) is 26.6. The van der Waals surface area contributed by atoms with Crippen LogP contribution >= 0.6 is 0 Å². The first kappa shape index (κ1) is 24.3. The van der Waals surface area contributed by atoms with Crippen molar-refractivity contribution in [3.63, 3.8) is 0 Å². The zero-order valence-electron chi connectivity index (χ0n) is 17.5. The number of carbonyl (C=O) groups is 2. The molecule has 1 unspecified atom stereocenters. The maximum atomic E-state index is 14.2. The summed E-state index contributed by atoms with van der Waals surface area (Å²) in [6.07, 6.45) is 0.915. The number of hydrogen-bond acceptors (Lipinski definition) is 4. The van der Waals surface area contributed by atoms with E-state index in [1.54, 1.807) is 13.0 Å². The van der Waals surface area contributed by atoms with Crippen LogP contribution in [0.2, 0.25) is 0 Å². The van der Waals surface area contributed by atoms with Gasteiger partial charge in [-0.15, -0.1) is 0 Å². The van der Waals surface area contributed by atoms with Crippen molar-refractivity contribution in [1.29, 1.82) is 0 Å². The lowest BCUT2D eigenvalue weighted by atomic mass is 10.1. The number of hydrogen-bond donors (Lipinski definition) is 1. The largest absolute Gasteiger partial charge is 0.355 e. The van der Waals surface area contributed by atoms with Crippen molar-refractivity contribution in [1.82, 2.24) is 10.2 Å². The van der Waals surface area contributed by atoms with Crippen LogP contribution in [0.1, 0.15) is 19.4 Å². The van der Waals surface area contributed by atoms with Crippen molar-refractivity contribution in [2.45, 2.75) is 26.4 Å². The van der Waals surface area contributed by atoms with Crippen LogP contribution in [-0.2, 0) is 26.2 Å². The molecule has 0 aromatic heterocycles. The Morgan fingerprint density at radius 2 is 1.68 bits per heavy atom. The molecular weight excluding hydrogens is 428 g/mol. The van der Waals surface area contributed by atoms with Gasteiger partial charge in [-0.1, -0.05) is 18.2 Å². The molecule has 0 saturated carbocycles. The third-order valence-corrected chi connectivity index (χ3v) is 5.75. The Bertz CT molecular complexity index is 1030. The molecule has 0 aliphatic rings. The number of carbonyl (C=O) groups excluding carboxylic acids is 2. The summed E-state index contributed by atoms with van der Waals surface area (Å²) in [6, 6.07) is 9.44. The molecule has 0 fully saturated rings. The van der Waals surface area contributed by atoms with Crippen LogP contribution in [0.25, 0.3) is 0 Å². The van der Waals surface area contributed by atoms with Gasteiger partial charge in [-0.25, -0.2) is 17.2 Å². The van der Waals surface area contributed by atoms with Crippen molar-refractivity contribution in [2.75, 3.05) is 23.7 Å². The molecule has 7 nitrogen and oxygen atoms in total. The molecule has 0 saturated heterocycles. The summed E-state index contributed by atoms with van der Waals surface area (Å²) in [6.45, 7) is 2.66. The molecule has 168 valence electrons. The van der Waals surface area contributed by atoms with Gasteiger partial charge in [0, 0.05) is 18.7 Å². The Hall–Kier alpha value is -3.01. The smallest absolute Gasteiger partial charge is 0.244 e. The highest BCUT2D eigenvalue weighted by atomic mass is 32.2. The number of sulfonamides is 1. The molecule has 0 aliphatic carbocycles. The number of benzene rings is 2. The zero-order valence-corrected chi connectivity index (χ0v) is 18.3. The second-order valence-corrected chi connectivity index (χ2v) is 8.84. The monoisotopic (exact) mass is 453 g/mol. The van der Waals surface area contributed by atoms with E-state index in [1.165, 1.54) is 37.3 Å². The number of nitrogens with one attached hydrogen (secondary N) is 1. The summed E-state index contributed by atoms with van der Waals surface area (Å²) in [5, 5.41) is 2.60. The minimum Gasteiger partial charge on any atom is -0.355 e. The quantitative estimate of drug-likeness (QED) is 0.631. The Labute approximate surface area is 180 Å². The lowest BCUT2D eigenvalue weighted by Crippen LogP contribution is -2.51. The van der Waals surface area contributed by atoms with Crippen LogP contribution in [-0.4, -0.2) is 50.5 Å². The van der Waals surface area contributed by atoms with Crippen LogP contribution < -0.4 is 9.62 Å². The average molecular weight is 454 g/mol. The summed E-state index contributed by atoms with van der Waals surface area (Å²) in [7, 11) is -3.91. The normalized spacial score (nSPS) is 12.2. The summed E-state index contributed by atoms with van der Waals surface area (Å²) < 4.78 is 52.9. The number of likely N-dealkylation sites (N-methyl/N-ethyl adjacent to an activating group) is 1. The molecule has 0 heterocycles. The molecule has 2 aromatic carbocycles. The number of halogens is 2. The van der Waals surface area contributed by atoms with Gasteiger partial charge in [0.05, 0.1) is 11.9 Å². The fourth-order valence-electron chi connectivity index (χ4n) is 2.94. The van der Waals surface area contributed by atoms with Gasteiger partial charge in [-0.3, -0.25) is 13.9 Å². The first-order valence-corrected chi connectivity index (χ1v) is 11.4. The van der Waals surface area contributed by atoms with Crippen LogP contribution in [0, 0.1) is 11.6 Å². The summed E-state index contributed by atoms with van der Waals surface area (Å²) in [5.41, 5.74) is 0.272. The van der Waals surface area contributed by atoms with Gasteiger partial charge in [-0.2, -0.15) is 0 Å². The highest BCUT2D eigenvalue weighted by Gasteiger charge is 2.30. The van der Waals surface area contributed by atoms with Crippen LogP contribution in [0.5, 0.6) is 0 Å². The van der Waals surface area contributed by atoms with E-state index in [0.717, 1.165) is 27.6 Å². The molecule has 0 spiro atoms. The average Bonchev–Trinajstić information content (AvgIpc) is 2.71. The molecule has 0 aliphatic heterocycles. The van der Waals surface area contributed by atoms with E-state index >= 15 is 0 Å². The minimum absolute atomic E-state index is 0.0914. The molecule has 10 heteroatoms. The third kappa shape index (κ3) is 6.48. The Balaban J connectivity index is 2.38. The van der Waals surface area contributed by atoms with Crippen LogP contribution in [0.4, 0.5) is 14.5 Å². The van der Waals surface area contributed by atoms with Gasteiger partial charge in [0.15, 0.2) is 0 Å². The molecule has 1 N–H and O–H groups in total.